The highest BCUT2D eigenvalue weighted by molar-refractivity contribution is 5.57. The van der Waals surface area contributed by atoms with Gasteiger partial charge in [-0.15, -0.1) is 0 Å². The minimum absolute atomic E-state index is 0.0548. The molecule has 2 aliphatic carbocycles. The number of carbonyl (C=O) groups is 1. The quantitative estimate of drug-likeness (QED) is 0.512. The lowest BCUT2D eigenvalue weighted by atomic mass is 9.60. The maximum Gasteiger partial charge on any atom is 0.123 e. The highest BCUT2D eigenvalue weighted by atomic mass is 16.3. The molecule has 0 aromatic carbocycles. The first-order valence-electron chi connectivity index (χ1n) is 5.51. The number of carbonyl (C=O) groups excluding carboxylic acids is 1. The average Bonchev–Trinajstić information content (AvgIpc) is 2.18. The molecular weight excluding hydrogens is 176 g/mol. The topological polar surface area (TPSA) is 37.3 Å². The van der Waals surface area contributed by atoms with Gasteiger partial charge in [-0.05, 0) is 37.5 Å². The summed E-state index contributed by atoms with van der Waals surface area (Å²) in [5.41, 5.74) is 1.37. The molecule has 0 aromatic rings. The van der Waals surface area contributed by atoms with E-state index in [1.807, 2.05) is 6.08 Å². The monoisotopic (exact) mass is 194 g/mol. The number of hydrogen-bond donors (Lipinski definition) is 1. The largest absolute Gasteiger partial charge is 0.389 e. The third-order valence-electron chi connectivity index (χ3n) is 4.03. The predicted octanol–water partition coefficient (Wildman–Crippen LogP) is 2.07. The van der Waals surface area contributed by atoms with Gasteiger partial charge in [0.15, 0.2) is 0 Å². The standard InChI is InChI=1S/C12H18O2/c1-12-6-5-11(14)7-9(12)3-2-4-10(12)8-13/h7-8,10-11,14H,2-6H2,1H3/t10-,11?,12+/m1/s1. The molecule has 0 aliphatic heterocycles. The summed E-state index contributed by atoms with van der Waals surface area (Å²) in [5, 5.41) is 9.56. The molecule has 0 amide bonds. The van der Waals surface area contributed by atoms with Crippen LogP contribution >= 0.6 is 0 Å². The predicted molar refractivity (Wildman–Crippen MR) is 54.8 cm³/mol. The third-order valence-corrected chi connectivity index (χ3v) is 4.03. The molecule has 0 saturated heterocycles. The van der Waals surface area contributed by atoms with Crippen LogP contribution in [0.25, 0.3) is 0 Å². The van der Waals surface area contributed by atoms with E-state index in [0.717, 1.165) is 38.4 Å². The normalized spacial score (nSPS) is 42.6. The lowest BCUT2D eigenvalue weighted by molar-refractivity contribution is -0.115. The molecule has 2 rings (SSSR count). The number of rotatable bonds is 1. The summed E-state index contributed by atoms with van der Waals surface area (Å²) >= 11 is 0. The summed E-state index contributed by atoms with van der Waals surface area (Å²) in [4.78, 5) is 11.0. The van der Waals surface area contributed by atoms with Crippen LogP contribution in [0.15, 0.2) is 11.6 Å². The van der Waals surface area contributed by atoms with Crippen LogP contribution in [0, 0.1) is 11.3 Å². The van der Waals surface area contributed by atoms with Gasteiger partial charge in [-0.3, -0.25) is 0 Å². The Morgan fingerprint density at radius 3 is 3.07 bits per heavy atom. The zero-order valence-corrected chi connectivity index (χ0v) is 8.70. The van der Waals surface area contributed by atoms with Crippen molar-refractivity contribution in [2.24, 2.45) is 11.3 Å². The fraction of sp³-hybridized carbons (Fsp3) is 0.750. The van der Waals surface area contributed by atoms with Crippen LogP contribution in [0.3, 0.4) is 0 Å². The number of allylic oxidation sites excluding steroid dienone is 1. The highest BCUT2D eigenvalue weighted by Crippen LogP contribution is 2.49. The molecule has 14 heavy (non-hydrogen) atoms. The van der Waals surface area contributed by atoms with E-state index < -0.39 is 0 Å². The minimum Gasteiger partial charge on any atom is -0.389 e. The van der Waals surface area contributed by atoms with Crippen molar-refractivity contribution in [3.8, 4) is 0 Å². The van der Waals surface area contributed by atoms with Crippen molar-refractivity contribution in [2.45, 2.75) is 45.1 Å². The maximum absolute atomic E-state index is 11.0. The SMILES string of the molecule is C[C@]12CCC(O)C=C1CCC[C@@H]2C=O. The van der Waals surface area contributed by atoms with Gasteiger partial charge in [-0.2, -0.15) is 0 Å². The van der Waals surface area contributed by atoms with Crippen LogP contribution in [-0.2, 0) is 4.79 Å². The molecule has 2 heteroatoms. The molecular formula is C12H18O2. The van der Waals surface area contributed by atoms with Crippen LogP contribution < -0.4 is 0 Å². The third kappa shape index (κ3) is 1.42. The number of fused-ring (bicyclic) bond motifs is 1. The zero-order chi connectivity index (χ0) is 10.2. The fourth-order valence-corrected chi connectivity index (χ4v) is 2.96. The molecule has 0 radical (unpaired) electrons. The summed E-state index contributed by atoms with van der Waals surface area (Å²) in [5.74, 6) is 0.176. The first-order valence-corrected chi connectivity index (χ1v) is 5.51. The lowest BCUT2D eigenvalue weighted by Gasteiger charge is -2.44. The van der Waals surface area contributed by atoms with Crippen LogP contribution in [0.4, 0.5) is 0 Å². The number of aliphatic hydroxyl groups is 1. The number of hydrogen-bond acceptors (Lipinski definition) is 2. The van der Waals surface area contributed by atoms with E-state index in [0.29, 0.717) is 0 Å². The Balaban J connectivity index is 2.31. The Hall–Kier alpha value is -0.630. The molecule has 3 atom stereocenters. The number of aldehydes is 1. The first kappa shape index (κ1) is 9.91. The van der Waals surface area contributed by atoms with E-state index >= 15 is 0 Å². The van der Waals surface area contributed by atoms with E-state index in [9.17, 15) is 9.90 Å². The fourth-order valence-electron chi connectivity index (χ4n) is 2.96. The van der Waals surface area contributed by atoms with Crippen molar-refractivity contribution in [3.05, 3.63) is 11.6 Å². The van der Waals surface area contributed by atoms with E-state index in [1.165, 1.54) is 5.57 Å². The summed E-state index contributed by atoms with van der Waals surface area (Å²) in [6.45, 7) is 2.18. The Morgan fingerprint density at radius 1 is 1.57 bits per heavy atom. The lowest BCUT2D eigenvalue weighted by Crippen LogP contribution is -2.38. The molecule has 78 valence electrons. The summed E-state index contributed by atoms with van der Waals surface area (Å²) < 4.78 is 0. The van der Waals surface area contributed by atoms with Gasteiger partial charge < -0.3 is 9.90 Å². The van der Waals surface area contributed by atoms with Crippen molar-refractivity contribution < 1.29 is 9.90 Å². The Bertz CT molecular complexity index is 269. The maximum atomic E-state index is 11.0. The molecule has 1 saturated carbocycles. The molecule has 0 bridgehead atoms. The highest BCUT2D eigenvalue weighted by Gasteiger charge is 2.42. The van der Waals surface area contributed by atoms with Gasteiger partial charge in [0, 0.05) is 5.92 Å². The molecule has 2 nitrogen and oxygen atoms in total. The van der Waals surface area contributed by atoms with Crippen molar-refractivity contribution in [3.63, 3.8) is 0 Å². The van der Waals surface area contributed by atoms with Crippen LogP contribution in [-0.4, -0.2) is 17.5 Å². The minimum atomic E-state index is -0.275. The Morgan fingerprint density at radius 2 is 2.36 bits per heavy atom. The Kier molecular flexibility index (Phi) is 2.48. The van der Waals surface area contributed by atoms with Crippen LogP contribution in [0.5, 0.6) is 0 Å². The van der Waals surface area contributed by atoms with Crippen molar-refractivity contribution in [1.82, 2.24) is 0 Å². The van der Waals surface area contributed by atoms with Crippen molar-refractivity contribution in [2.75, 3.05) is 0 Å². The number of aliphatic hydroxyl groups excluding tert-OH is 1. The van der Waals surface area contributed by atoms with Gasteiger partial charge in [0.2, 0.25) is 0 Å². The summed E-state index contributed by atoms with van der Waals surface area (Å²) in [6.07, 6.45) is 7.78. The molecule has 2 aliphatic rings. The van der Waals surface area contributed by atoms with Gasteiger partial charge in [0.1, 0.15) is 6.29 Å². The molecule has 1 fully saturated rings. The second kappa shape index (κ2) is 3.50. The van der Waals surface area contributed by atoms with Gasteiger partial charge in [0.25, 0.3) is 0 Å². The van der Waals surface area contributed by atoms with Crippen molar-refractivity contribution in [1.29, 1.82) is 0 Å². The van der Waals surface area contributed by atoms with Gasteiger partial charge in [-0.1, -0.05) is 18.6 Å². The van der Waals surface area contributed by atoms with Gasteiger partial charge in [0.05, 0.1) is 6.10 Å². The van der Waals surface area contributed by atoms with Gasteiger partial charge >= 0.3 is 0 Å². The Labute approximate surface area is 85.0 Å². The zero-order valence-electron chi connectivity index (χ0n) is 8.70. The smallest absolute Gasteiger partial charge is 0.123 e. The van der Waals surface area contributed by atoms with Crippen LogP contribution in [0.2, 0.25) is 0 Å². The van der Waals surface area contributed by atoms with Crippen LogP contribution in [0.1, 0.15) is 39.0 Å². The molecule has 1 unspecified atom stereocenters. The molecule has 1 N–H and O–H groups in total. The second-order valence-electron chi connectivity index (χ2n) is 4.85. The second-order valence-corrected chi connectivity index (χ2v) is 4.85. The van der Waals surface area contributed by atoms with Gasteiger partial charge in [-0.25, -0.2) is 0 Å². The van der Waals surface area contributed by atoms with E-state index in [1.54, 1.807) is 0 Å². The average molecular weight is 194 g/mol. The molecule has 0 aromatic heterocycles. The summed E-state index contributed by atoms with van der Waals surface area (Å²) in [7, 11) is 0. The molecule has 0 spiro atoms. The van der Waals surface area contributed by atoms with E-state index in [4.69, 9.17) is 0 Å². The van der Waals surface area contributed by atoms with Crippen molar-refractivity contribution >= 4 is 6.29 Å². The summed E-state index contributed by atoms with van der Waals surface area (Å²) in [6, 6.07) is 0. The molecule has 0 heterocycles. The van der Waals surface area contributed by atoms with E-state index in [2.05, 4.69) is 6.92 Å². The first-order chi connectivity index (χ1) is 6.66. The van der Waals surface area contributed by atoms with E-state index in [-0.39, 0.29) is 17.4 Å².